The molecule has 2 amide bonds. The van der Waals surface area contributed by atoms with E-state index in [1.54, 1.807) is 0 Å². The Balaban J connectivity index is 2.31. The second-order valence-electron chi connectivity index (χ2n) is 3.30. The molecule has 0 aromatic carbocycles. The van der Waals surface area contributed by atoms with Crippen LogP contribution >= 0.6 is 12.2 Å². The van der Waals surface area contributed by atoms with Gasteiger partial charge in [-0.3, -0.25) is 20.2 Å². The molecule has 1 aliphatic rings. The highest BCUT2D eigenvalue weighted by Crippen LogP contribution is 2.13. The van der Waals surface area contributed by atoms with Gasteiger partial charge in [-0.15, -0.1) is 0 Å². The molecular formula is C10H6N2O5S. The van der Waals surface area contributed by atoms with Crippen LogP contribution in [0.3, 0.4) is 0 Å². The highest BCUT2D eigenvalue weighted by Gasteiger charge is 2.26. The Morgan fingerprint density at radius 2 is 1.89 bits per heavy atom. The summed E-state index contributed by atoms with van der Waals surface area (Å²) in [6.45, 7) is 0. The minimum Gasteiger partial charge on any atom is -0.475 e. The van der Waals surface area contributed by atoms with Gasteiger partial charge < -0.3 is 9.52 Å². The summed E-state index contributed by atoms with van der Waals surface area (Å²) in [7, 11) is 0. The average Bonchev–Trinajstić information content (AvgIpc) is 2.71. The zero-order valence-electron chi connectivity index (χ0n) is 8.72. The molecule has 3 N–H and O–H groups in total. The molecule has 8 heteroatoms. The average molecular weight is 266 g/mol. The number of furan rings is 1. The molecule has 1 fully saturated rings. The van der Waals surface area contributed by atoms with E-state index >= 15 is 0 Å². The summed E-state index contributed by atoms with van der Waals surface area (Å²) in [6.07, 6.45) is 1.14. The van der Waals surface area contributed by atoms with Gasteiger partial charge >= 0.3 is 5.97 Å². The number of carboxylic acids is 1. The summed E-state index contributed by atoms with van der Waals surface area (Å²) in [5, 5.41) is 13.1. The first-order chi connectivity index (χ1) is 8.47. The second kappa shape index (κ2) is 4.41. The number of carbonyl (C=O) groups excluding carboxylic acids is 2. The molecule has 0 saturated carbocycles. The van der Waals surface area contributed by atoms with Crippen molar-refractivity contribution in [3.05, 3.63) is 29.2 Å². The number of hydrogen-bond donors (Lipinski definition) is 3. The molecule has 0 spiro atoms. The third kappa shape index (κ3) is 2.28. The highest BCUT2D eigenvalue weighted by atomic mass is 32.1. The highest BCUT2D eigenvalue weighted by molar-refractivity contribution is 7.80. The maximum Gasteiger partial charge on any atom is 0.371 e. The fourth-order valence-corrected chi connectivity index (χ4v) is 1.48. The monoisotopic (exact) mass is 266 g/mol. The molecule has 1 aromatic heterocycles. The van der Waals surface area contributed by atoms with Gasteiger partial charge in [-0.05, 0) is 30.4 Å². The minimum absolute atomic E-state index is 0.0761. The zero-order valence-corrected chi connectivity index (χ0v) is 9.54. The summed E-state index contributed by atoms with van der Waals surface area (Å²) >= 11 is 4.62. The van der Waals surface area contributed by atoms with Gasteiger partial charge in [0, 0.05) is 0 Å². The Morgan fingerprint density at radius 3 is 2.39 bits per heavy atom. The normalized spacial score (nSPS) is 15.1. The summed E-state index contributed by atoms with van der Waals surface area (Å²) in [6, 6.07) is 2.56. The third-order valence-electron chi connectivity index (χ3n) is 2.07. The van der Waals surface area contributed by atoms with E-state index in [0.717, 1.165) is 6.08 Å². The SMILES string of the molecule is O=C1NC(=S)NC(=O)C1=Cc1ccc(C(=O)O)o1. The van der Waals surface area contributed by atoms with Crippen LogP contribution in [0.25, 0.3) is 6.08 Å². The molecule has 0 atom stereocenters. The third-order valence-corrected chi connectivity index (χ3v) is 2.27. The fraction of sp³-hybridized carbons (Fsp3) is 0. The van der Waals surface area contributed by atoms with Gasteiger partial charge in [-0.25, -0.2) is 4.79 Å². The number of carbonyl (C=O) groups is 3. The maximum absolute atomic E-state index is 11.5. The molecule has 92 valence electrons. The Hall–Kier alpha value is -2.48. The van der Waals surface area contributed by atoms with Crippen LogP contribution in [0.4, 0.5) is 0 Å². The Kier molecular flexibility index (Phi) is 2.94. The number of amides is 2. The van der Waals surface area contributed by atoms with Gasteiger partial charge in [0.25, 0.3) is 11.8 Å². The van der Waals surface area contributed by atoms with Crippen molar-refractivity contribution in [1.82, 2.24) is 10.6 Å². The summed E-state index contributed by atoms with van der Waals surface area (Å²) in [5.74, 6) is -2.78. The molecule has 0 unspecified atom stereocenters. The van der Waals surface area contributed by atoms with Crippen LogP contribution in [0, 0.1) is 0 Å². The summed E-state index contributed by atoms with van der Waals surface area (Å²) in [5.41, 5.74) is -0.213. The first-order valence-corrected chi connectivity index (χ1v) is 5.09. The summed E-state index contributed by atoms with van der Waals surface area (Å²) < 4.78 is 4.90. The molecule has 0 radical (unpaired) electrons. The lowest BCUT2D eigenvalue weighted by atomic mass is 10.1. The van der Waals surface area contributed by atoms with E-state index in [9.17, 15) is 14.4 Å². The van der Waals surface area contributed by atoms with Crippen molar-refractivity contribution in [2.24, 2.45) is 0 Å². The van der Waals surface area contributed by atoms with Crippen LogP contribution in [0.2, 0.25) is 0 Å². The minimum atomic E-state index is -1.24. The topological polar surface area (TPSA) is 109 Å². The Morgan fingerprint density at radius 1 is 1.28 bits per heavy atom. The number of rotatable bonds is 2. The van der Waals surface area contributed by atoms with E-state index in [2.05, 4.69) is 22.9 Å². The quantitative estimate of drug-likeness (QED) is 0.391. The molecule has 1 aromatic rings. The van der Waals surface area contributed by atoms with Crippen molar-refractivity contribution in [1.29, 1.82) is 0 Å². The van der Waals surface area contributed by atoms with Crippen LogP contribution in [0.1, 0.15) is 16.3 Å². The number of carboxylic acid groups (broad SMARTS) is 1. The summed E-state index contributed by atoms with van der Waals surface area (Å²) in [4.78, 5) is 33.5. The van der Waals surface area contributed by atoms with Crippen molar-refractivity contribution >= 4 is 41.2 Å². The van der Waals surface area contributed by atoms with E-state index < -0.39 is 17.8 Å². The largest absolute Gasteiger partial charge is 0.475 e. The van der Waals surface area contributed by atoms with E-state index in [1.807, 2.05) is 0 Å². The molecule has 18 heavy (non-hydrogen) atoms. The van der Waals surface area contributed by atoms with Crippen molar-refractivity contribution in [2.45, 2.75) is 0 Å². The lowest BCUT2D eigenvalue weighted by Gasteiger charge is -2.15. The van der Waals surface area contributed by atoms with Gasteiger partial charge in [-0.1, -0.05) is 0 Å². The van der Waals surface area contributed by atoms with Gasteiger partial charge in [0.2, 0.25) is 5.76 Å². The predicted octanol–water partition coefficient (Wildman–Crippen LogP) is -0.108. The predicted molar refractivity (Wildman–Crippen MR) is 62.5 cm³/mol. The van der Waals surface area contributed by atoms with Crippen LogP contribution in [0.5, 0.6) is 0 Å². The fourth-order valence-electron chi connectivity index (χ4n) is 1.29. The Bertz CT molecular complexity index is 579. The van der Waals surface area contributed by atoms with Crippen molar-refractivity contribution in [2.75, 3.05) is 0 Å². The lowest BCUT2D eigenvalue weighted by Crippen LogP contribution is -2.51. The molecular weight excluding hydrogens is 260 g/mol. The van der Waals surface area contributed by atoms with Crippen molar-refractivity contribution in [3.63, 3.8) is 0 Å². The van der Waals surface area contributed by atoms with E-state index in [1.165, 1.54) is 12.1 Å². The number of hydrogen-bond acceptors (Lipinski definition) is 5. The standard InChI is InChI=1S/C10H6N2O5S/c13-7-5(8(14)12-10(18)11-7)3-4-1-2-6(17-4)9(15)16/h1-3H,(H,15,16)(H2,11,12,13,14,18). The van der Waals surface area contributed by atoms with Gasteiger partial charge in [0.1, 0.15) is 11.3 Å². The first-order valence-electron chi connectivity index (χ1n) is 4.69. The van der Waals surface area contributed by atoms with E-state index in [-0.39, 0.29) is 22.2 Å². The Labute approximate surface area is 105 Å². The molecule has 0 bridgehead atoms. The number of thiocarbonyl (C=S) groups is 1. The van der Waals surface area contributed by atoms with Crippen LogP contribution in [-0.4, -0.2) is 28.0 Å². The molecule has 0 aliphatic carbocycles. The molecule has 2 rings (SSSR count). The van der Waals surface area contributed by atoms with Gasteiger partial charge in [-0.2, -0.15) is 0 Å². The van der Waals surface area contributed by atoms with Crippen molar-refractivity contribution in [3.8, 4) is 0 Å². The van der Waals surface area contributed by atoms with Gasteiger partial charge in [0.15, 0.2) is 5.11 Å². The van der Waals surface area contributed by atoms with Crippen molar-refractivity contribution < 1.29 is 23.9 Å². The lowest BCUT2D eigenvalue weighted by molar-refractivity contribution is -0.123. The van der Waals surface area contributed by atoms with Crippen LogP contribution in [0.15, 0.2) is 22.1 Å². The maximum atomic E-state index is 11.5. The van der Waals surface area contributed by atoms with Crippen LogP contribution in [-0.2, 0) is 9.59 Å². The first kappa shape index (κ1) is 12.0. The molecule has 7 nitrogen and oxygen atoms in total. The molecule has 1 saturated heterocycles. The zero-order chi connectivity index (χ0) is 13.3. The molecule has 2 heterocycles. The van der Waals surface area contributed by atoms with Gasteiger partial charge in [0.05, 0.1) is 0 Å². The van der Waals surface area contributed by atoms with E-state index in [4.69, 9.17) is 9.52 Å². The van der Waals surface area contributed by atoms with Crippen LogP contribution < -0.4 is 10.6 Å². The van der Waals surface area contributed by atoms with E-state index in [0.29, 0.717) is 0 Å². The smallest absolute Gasteiger partial charge is 0.371 e. The molecule has 1 aliphatic heterocycles. The number of aromatic carboxylic acids is 1. The second-order valence-corrected chi connectivity index (χ2v) is 3.71. The number of nitrogens with one attached hydrogen (secondary N) is 2.